The SMILES string of the molecule is CC[C@@H]1c2ccsc2CC[NH+]1Cn1[nH]c(-c2cc(Cl)ccc2OC)nc1=S. The third-order valence-corrected chi connectivity index (χ3v) is 6.73. The summed E-state index contributed by atoms with van der Waals surface area (Å²) in [6.07, 6.45) is 2.23. The molecular weight excluding hydrogens is 400 g/mol. The van der Waals surface area contributed by atoms with Crippen molar-refractivity contribution in [3.63, 3.8) is 0 Å². The van der Waals surface area contributed by atoms with Gasteiger partial charge in [0, 0.05) is 28.3 Å². The Hall–Kier alpha value is -1.67. The monoisotopic (exact) mass is 421 g/mol. The van der Waals surface area contributed by atoms with Gasteiger partial charge >= 0.3 is 0 Å². The number of rotatable bonds is 5. The van der Waals surface area contributed by atoms with Crippen LogP contribution in [0.2, 0.25) is 5.02 Å². The Bertz CT molecular complexity index is 1010. The lowest BCUT2D eigenvalue weighted by molar-refractivity contribution is -0.956. The average Bonchev–Trinajstić information content (AvgIpc) is 3.28. The number of H-pyrrole nitrogens is 1. The van der Waals surface area contributed by atoms with Crippen LogP contribution in [-0.2, 0) is 13.1 Å². The van der Waals surface area contributed by atoms with Crippen LogP contribution in [0.15, 0.2) is 29.6 Å². The standard InChI is InChI=1S/C19H21ClN4OS2/c1-3-15-13-7-9-27-17(13)6-8-23(15)11-24-19(26)21-18(22-24)14-10-12(20)4-5-16(14)25-2/h4-5,7,9-10,15H,3,6,8,11H2,1-2H3,(H,21,22,26)/p+1/t15-/m1/s1. The molecule has 8 heteroatoms. The number of aromatic amines is 1. The Labute approximate surface area is 172 Å². The van der Waals surface area contributed by atoms with Crippen molar-refractivity contribution in [2.24, 2.45) is 0 Å². The predicted molar refractivity (Wildman–Crippen MR) is 111 cm³/mol. The largest absolute Gasteiger partial charge is 0.496 e. The van der Waals surface area contributed by atoms with Gasteiger partial charge in [-0.15, -0.1) is 11.3 Å². The van der Waals surface area contributed by atoms with E-state index in [1.54, 1.807) is 13.2 Å². The molecule has 5 nitrogen and oxygen atoms in total. The number of nitrogens with one attached hydrogen (secondary N) is 2. The van der Waals surface area contributed by atoms with Crippen LogP contribution in [-0.4, -0.2) is 28.4 Å². The molecule has 0 amide bonds. The molecule has 4 rings (SSSR count). The second-order valence-electron chi connectivity index (χ2n) is 6.70. The molecule has 27 heavy (non-hydrogen) atoms. The fourth-order valence-electron chi connectivity index (χ4n) is 3.88. The molecule has 3 heterocycles. The quantitative estimate of drug-likeness (QED) is 0.614. The lowest BCUT2D eigenvalue weighted by Gasteiger charge is -2.32. The number of methoxy groups -OCH3 is 1. The van der Waals surface area contributed by atoms with Gasteiger partial charge in [0.2, 0.25) is 4.77 Å². The number of thiophene rings is 1. The lowest BCUT2D eigenvalue weighted by Crippen LogP contribution is -3.12. The highest BCUT2D eigenvalue weighted by atomic mass is 35.5. The highest BCUT2D eigenvalue weighted by Crippen LogP contribution is 2.30. The van der Waals surface area contributed by atoms with E-state index in [2.05, 4.69) is 28.5 Å². The second-order valence-corrected chi connectivity index (χ2v) is 8.51. The first-order chi connectivity index (χ1) is 13.1. The van der Waals surface area contributed by atoms with Gasteiger partial charge in [0.05, 0.1) is 19.2 Å². The van der Waals surface area contributed by atoms with Crippen molar-refractivity contribution < 1.29 is 9.64 Å². The summed E-state index contributed by atoms with van der Waals surface area (Å²) >= 11 is 13.6. The number of aromatic nitrogens is 3. The van der Waals surface area contributed by atoms with Gasteiger partial charge in [-0.05, 0) is 41.9 Å². The maximum absolute atomic E-state index is 6.17. The molecule has 0 aliphatic carbocycles. The van der Waals surface area contributed by atoms with Crippen molar-refractivity contribution in [2.45, 2.75) is 32.5 Å². The third-order valence-electron chi connectivity index (χ3n) is 5.19. The highest BCUT2D eigenvalue weighted by Gasteiger charge is 2.31. The van der Waals surface area contributed by atoms with E-state index in [1.807, 2.05) is 28.2 Å². The van der Waals surface area contributed by atoms with E-state index in [1.165, 1.54) is 15.3 Å². The summed E-state index contributed by atoms with van der Waals surface area (Å²) in [6, 6.07) is 8.27. The van der Waals surface area contributed by atoms with Gasteiger partial charge in [0.1, 0.15) is 11.8 Å². The van der Waals surface area contributed by atoms with Gasteiger partial charge in [-0.1, -0.05) is 18.5 Å². The number of ether oxygens (including phenoxy) is 1. The maximum atomic E-state index is 6.17. The minimum atomic E-state index is 0.495. The Kier molecular flexibility index (Phi) is 5.36. The number of hydrogen-bond donors (Lipinski definition) is 2. The molecule has 2 atom stereocenters. The van der Waals surface area contributed by atoms with E-state index in [-0.39, 0.29) is 0 Å². The summed E-state index contributed by atoms with van der Waals surface area (Å²) in [5.41, 5.74) is 2.31. The number of nitrogens with zero attached hydrogens (tertiary/aromatic N) is 2. The Morgan fingerprint density at radius 1 is 1.44 bits per heavy atom. The molecule has 0 radical (unpaired) electrons. The molecule has 1 aliphatic heterocycles. The van der Waals surface area contributed by atoms with Crippen LogP contribution in [0.1, 0.15) is 29.8 Å². The van der Waals surface area contributed by atoms with Crippen LogP contribution in [0.25, 0.3) is 11.4 Å². The van der Waals surface area contributed by atoms with Crippen LogP contribution in [0.4, 0.5) is 0 Å². The minimum absolute atomic E-state index is 0.495. The molecule has 1 aliphatic rings. The van der Waals surface area contributed by atoms with E-state index in [9.17, 15) is 0 Å². The van der Waals surface area contributed by atoms with Crippen molar-refractivity contribution in [2.75, 3.05) is 13.7 Å². The van der Waals surface area contributed by atoms with Crippen molar-refractivity contribution in [3.05, 3.63) is 49.9 Å². The molecule has 1 aromatic carbocycles. The Morgan fingerprint density at radius 2 is 2.30 bits per heavy atom. The van der Waals surface area contributed by atoms with E-state index >= 15 is 0 Å². The molecule has 2 aromatic heterocycles. The minimum Gasteiger partial charge on any atom is -0.496 e. The number of halogens is 1. The molecule has 142 valence electrons. The van der Waals surface area contributed by atoms with Crippen LogP contribution >= 0.6 is 35.2 Å². The second kappa shape index (κ2) is 7.75. The average molecular weight is 422 g/mol. The van der Waals surface area contributed by atoms with Gasteiger partial charge in [-0.2, -0.15) is 4.98 Å². The van der Waals surface area contributed by atoms with Crippen LogP contribution < -0.4 is 9.64 Å². The molecule has 0 saturated heterocycles. The van der Waals surface area contributed by atoms with Crippen molar-refractivity contribution in [1.29, 1.82) is 0 Å². The lowest BCUT2D eigenvalue weighted by atomic mass is 9.98. The van der Waals surface area contributed by atoms with E-state index in [4.69, 9.17) is 28.6 Å². The number of hydrogen-bond acceptors (Lipinski definition) is 4. The molecule has 0 bridgehead atoms. The molecule has 3 aromatic rings. The van der Waals surface area contributed by atoms with Gasteiger partial charge in [-0.25, -0.2) is 4.68 Å². The first kappa shape index (κ1) is 18.7. The normalized spacial score (nSPS) is 19.1. The summed E-state index contributed by atoms with van der Waals surface area (Å²) in [7, 11) is 1.64. The fourth-order valence-corrected chi connectivity index (χ4v) is 5.20. The zero-order valence-electron chi connectivity index (χ0n) is 15.3. The number of fused-ring (bicyclic) bond motifs is 1. The van der Waals surface area contributed by atoms with Crippen LogP contribution in [0.3, 0.4) is 0 Å². The van der Waals surface area contributed by atoms with Crippen molar-refractivity contribution in [3.8, 4) is 17.1 Å². The van der Waals surface area contributed by atoms with Gasteiger partial charge in [0.25, 0.3) is 0 Å². The molecular formula is C19H22ClN4OS2+. The van der Waals surface area contributed by atoms with E-state index in [0.29, 0.717) is 21.7 Å². The molecule has 2 N–H and O–H groups in total. The van der Waals surface area contributed by atoms with Gasteiger partial charge < -0.3 is 9.64 Å². The van der Waals surface area contributed by atoms with Gasteiger partial charge in [0.15, 0.2) is 12.5 Å². The molecule has 0 spiro atoms. The van der Waals surface area contributed by atoms with Crippen molar-refractivity contribution >= 4 is 35.2 Å². The third kappa shape index (κ3) is 3.57. The molecule has 0 fully saturated rings. The highest BCUT2D eigenvalue weighted by molar-refractivity contribution is 7.71. The summed E-state index contributed by atoms with van der Waals surface area (Å²) < 4.78 is 7.96. The fraction of sp³-hybridized carbons (Fsp3) is 0.368. The number of quaternary nitrogens is 1. The van der Waals surface area contributed by atoms with Crippen LogP contribution in [0.5, 0.6) is 5.75 Å². The summed E-state index contributed by atoms with van der Waals surface area (Å²) in [6.45, 7) is 4.12. The van der Waals surface area contributed by atoms with E-state index < -0.39 is 0 Å². The Morgan fingerprint density at radius 3 is 3.07 bits per heavy atom. The van der Waals surface area contributed by atoms with E-state index in [0.717, 1.165) is 37.4 Å². The van der Waals surface area contributed by atoms with Crippen LogP contribution in [0, 0.1) is 4.77 Å². The smallest absolute Gasteiger partial charge is 0.221 e. The molecule has 0 saturated carbocycles. The first-order valence-corrected chi connectivity index (χ1v) is 10.7. The first-order valence-electron chi connectivity index (χ1n) is 9.02. The molecule has 1 unspecified atom stereocenters. The number of benzene rings is 1. The zero-order chi connectivity index (χ0) is 19.0. The summed E-state index contributed by atoms with van der Waals surface area (Å²) in [4.78, 5) is 7.59. The van der Waals surface area contributed by atoms with Crippen molar-refractivity contribution in [1.82, 2.24) is 14.8 Å². The predicted octanol–water partition coefficient (Wildman–Crippen LogP) is 3.88. The zero-order valence-corrected chi connectivity index (χ0v) is 17.7. The summed E-state index contributed by atoms with van der Waals surface area (Å²) in [5, 5.41) is 6.20. The Balaban J connectivity index is 1.63. The maximum Gasteiger partial charge on any atom is 0.221 e. The van der Waals surface area contributed by atoms with Gasteiger partial charge in [-0.3, -0.25) is 5.10 Å². The topological polar surface area (TPSA) is 47.3 Å². The summed E-state index contributed by atoms with van der Waals surface area (Å²) in [5.74, 6) is 1.40.